The largest absolute Gasteiger partial charge is 0.271 e. The van der Waals surface area contributed by atoms with Crippen molar-refractivity contribution in [1.29, 1.82) is 0 Å². The van der Waals surface area contributed by atoms with Gasteiger partial charge < -0.3 is 0 Å². The zero-order chi connectivity index (χ0) is 10.3. The highest BCUT2D eigenvalue weighted by Crippen LogP contribution is 2.09. The van der Waals surface area contributed by atoms with Gasteiger partial charge in [0.05, 0.1) is 0 Å². The highest BCUT2D eigenvalue weighted by atomic mass is 32.2. The van der Waals surface area contributed by atoms with Crippen LogP contribution < -0.4 is 11.3 Å². The summed E-state index contributed by atoms with van der Waals surface area (Å²) in [7, 11) is 0. The van der Waals surface area contributed by atoms with E-state index in [0.717, 1.165) is 11.7 Å². The maximum absolute atomic E-state index is 5.43. The number of hydrogen-bond donors (Lipinski definition) is 2. The predicted octanol–water partition coefficient (Wildman–Crippen LogP) is 2.17. The summed E-state index contributed by atoms with van der Waals surface area (Å²) in [6.07, 6.45) is 2.17. The summed E-state index contributed by atoms with van der Waals surface area (Å²) in [5.41, 5.74) is 4.12. The Hall–Kier alpha value is 0.01000. The van der Waals surface area contributed by atoms with Crippen LogP contribution in [0.25, 0.3) is 0 Å². The Balaban J connectivity index is 3.67. The molecule has 0 bridgehead atoms. The van der Waals surface area contributed by atoms with E-state index >= 15 is 0 Å². The quantitative estimate of drug-likeness (QED) is 0.394. The second kappa shape index (κ2) is 7.42. The van der Waals surface area contributed by atoms with Gasteiger partial charge in [0, 0.05) is 11.8 Å². The van der Waals surface area contributed by atoms with Crippen LogP contribution >= 0.6 is 11.8 Å². The minimum atomic E-state index is 0.314. The number of hydrogen-bond acceptors (Lipinski definition) is 3. The first-order valence-electron chi connectivity index (χ1n) is 4.75. The molecule has 0 aromatic heterocycles. The predicted molar refractivity (Wildman–Crippen MR) is 62.7 cm³/mol. The lowest BCUT2D eigenvalue weighted by atomic mass is 10.2. The van der Waals surface area contributed by atoms with Crippen LogP contribution in [0.3, 0.4) is 0 Å². The molecule has 0 heterocycles. The van der Waals surface area contributed by atoms with E-state index in [1.165, 1.54) is 11.3 Å². The molecule has 0 aromatic carbocycles. The first kappa shape index (κ1) is 13.0. The molecule has 0 aliphatic rings. The van der Waals surface area contributed by atoms with Crippen LogP contribution in [0.4, 0.5) is 0 Å². The van der Waals surface area contributed by atoms with Crippen LogP contribution in [0.1, 0.15) is 27.7 Å². The van der Waals surface area contributed by atoms with Crippen molar-refractivity contribution in [1.82, 2.24) is 5.43 Å². The van der Waals surface area contributed by atoms with Crippen LogP contribution in [0.5, 0.6) is 0 Å². The Bertz CT molecular complexity index is 151. The van der Waals surface area contributed by atoms with Crippen LogP contribution in [-0.2, 0) is 0 Å². The van der Waals surface area contributed by atoms with Crippen LogP contribution in [0, 0.1) is 5.92 Å². The zero-order valence-electron chi connectivity index (χ0n) is 9.13. The number of hydrazine groups is 1. The van der Waals surface area contributed by atoms with Gasteiger partial charge in [0.2, 0.25) is 0 Å². The van der Waals surface area contributed by atoms with Crippen molar-refractivity contribution < 1.29 is 0 Å². The number of nitrogens with two attached hydrogens (primary N) is 1. The minimum Gasteiger partial charge on any atom is -0.271 e. The van der Waals surface area contributed by atoms with Gasteiger partial charge in [0.1, 0.15) is 0 Å². The lowest BCUT2D eigenvalue weighted by molar-refractivity contribution is 0.670. The van der Waals surface area contributed by atoms with Crippen molar-refractivity contribution in [2.24, 2.45) is 11.8 Å². The smallest absolute Gasteiger partial charge is 0.0483 e. The van der Waals surface area contributed by atoms with Crippen LogP contribution in [-0.4, -0.2) is 17.5 Å². The van der Waals surface area contributed by atoms with Gasteiger partial charge >= 0.3 is 0 Å². The third-order valence-electron chi connectivity index (χ3n) is 1.50. The molecule has 3 heteroatoms. The summed E-state index contributed by atoms with van der Waals surface area (Å²) in [6, 6.07) is 0.314. The molecule has 0 radical (unpaired) electrons. The first-order valence-corrected chi connectivity index (χ1v) is 5.90. The molecule has 13 heavy (non-hydrogen) atoms. The van der Waals surface area contributed by atoms with Gasteiger partial charge in [-0.1, -0.05) is 25.5 Å². The fourth-order valence-electron chi connectivity index (χ4n) is 0.977. The average molecular weight is 202 g/mol. The number of nitrogens with one attached hydrogen (secondary N) is 1. The van der Waals surface area contributed by atoms with Crippen LogP contribution in [0.2, 0.25) is 0 Å². The van der Waals surface area contributed by atoms with Gasteiger partial charge in [-0.15, -0.1) is 0 Å². The fraction of sp³-hybridized carbons (Fsp3) is 0.800. The molecular formula is C10H22N2S. The van der Waals surface area contributed by atoms with Crippen molar-refractivity contribution >= 4 is 11.8 Å². The first-order chi connectivity index (χ1) is 6.06. The van der Waals surface area contributed by atoms with E-state index in [1.54, 1.807) is 0 Å². The monoisotopic (exact) mass is 202 g/mol. The summed E-state index contributed by atoms with van der Waals surface area (Å²) < 4.78 is 0. The Morgan fingerprint density at radius 3 is 2.38 bits per heavy atom. The van der Waals surface area contributed by atoms with Crippen molar-refractivity contribution in [2.45, 2.75) is 33.7 Å². The maximum atomic E-state index is 5.43. The molecule has 1 unspecified atom stereocenters. The topological polar surface area (TPSA) is 38.0 Å². The summed E-state index contributed by atoms with van der Waals surface area (Å²) in [6.45, 7) is 8.66. The number of thioether (sulfide) groups is 1. The lowest BCUT2D eigenvalue weighted by Crippen LogP contribution is -2.35. The highest BCUT2D eigenvalue weighted by molar-refractivity contribution is 7.99. The van der Waals surface area contributed by atoms with E-state index in [2.05, 4.69) is 39.2 Å². The molecule has 78 valence electrons. The van der Waals surface area contributed by atoms with Gasteiger partial charge in [0.15, 0.2) is 0 Å². The van der Waals surface area contributed by atoms with E-state index in [1.807, 2.05) is 11.8 Å². The standard InChI is InChI=1S/C10H22N2S/c1-8(2)5-10(12-11)7-13-6-9(3)4/h5,9-10,12H,6-7,11H2,1-4H3. The summed E-state index contributed by atoms with van der Waals surface area (Å²) >= 11 is 1.95. The van der Waals surface area contributed by atoms with Gasteiger partial charge in [0.25, 0.3) is 0 Å². The Morgan fingerprint density at radius 2 is 2.00 bits per heavy atom. The Labute approximate surface area is 86.3 Å². The van der Waals surface area contributed by atoms with Crippen molar-refractivity contribution in [2.75, 3.05) is 11.5 Å². The lowest BCUT2D eigenvalue weighted by Gasteiger charge is -2.12. The Morgan fingerprint density at radius 1 is 1.38 bits per heavy atom. The molecule has 3 N–H and O–H groups in total. The Kier molecular flexibility index (Phi) is 7.42. The van der Waals surface area contributed by atoms with E-state index in [4.69, 9.17) is 5.84 Å². The van der Waals surface area contributed by atoms with Gasteiger partial charge in [-0.3, -0.25) is 11.3 Å². The van der Waals surface area contributed by atoms with E-state index in [-0.39, 0.29) is 0 Å². The average Bonchev–Trinajstić information content (AvgIpc) is 2.01. The summed E-state index contributed by atoms with van der Waals surface area (Å²) in [4.78, 5) is 0. The third kappa shape index (κ3) is 8.34. The van der Waals surface area contributed by atoms with Crippen molar-refractivity contribution in [3.8, 4) is 0 Å². The molecule has 0 spiro atoms. The molecule has 0 saturated carbocycles. The SMILES string of the molecule is CC(C)=CC(CSCC(C)C)NN. The molecule has 0 amide bonds. The van der Waals surface area contributed by atoms with Gasteiger partial charge in [-0.25, -0.2) is 0 Å². The molecule has 0 aliphatic heterocycles. The van der Waals surface area contributed by atoms with E-state index in [0.29, 0.717) is 6.04 Å². The van der Waals surface area contributed by atoms with E-state index in [9.17, 15) is 0 Å². The molecule has 0 aliphatic carbocycles. The number of allylic oxidation sites excluding steroid dienone is 1. The fourth-order valence-corrected chi connectivity index (χ4v) is 2.03. The van der Waals surface area contributed by atoms with Gasteiger partial charge in [-0.2, -0.15) is 11.8 Å². The number of rotatable bonds is 6. The second-order valence-electron chi connectivity index (χ2n) is 3.95. The molecule has 0 rings (SSSR count). The molecule has 0 aromatic rings. The van der Waals surface area contributed by atoms with Gasteiger partial charge in [-0.05, 0) is 25.5 Å². The molecule has 1 atom stereocenters. The molecule has 0 fully saturated rings. The third-order valence-corrected chi connectivity index (χ3v) is 2.99. The maximum Gasteiger partial charge on any atom is 0.0483 e. The molecule has 0 saturated heterocycles. The highest BCUT2D eigenvalue weighted by Gasteiger charge is 2.03. The normalized spacial score (nSPS) is 13.1. The molecule has 2 nitrogen and oxygen atoms in total. The van der Waals surface area contributed by atoms with Crippen LogP contribution in [0.15, 0.2) is 11.6 Å². The van der Waals surface area contributed by atoms with E-state index < -0.39 is 0 Å². The minimum absolute atomic E-state index is 0.314. The summed E-state index contributed by atoms with van der Waals surface area (Å²) in [5.74, 6) is 8.45. The molecular weight excluding hydrogens is 180 g/mol. The van der Waals surface area contributed by atoms with Crippen molar-refractivity contribution in [3.63, 3.8) is 0 Å². The zero-order valence-corrected chi connectivity index (χ0v) is 9.95. The second-order valence-corrected chi connectivity index (χ2v) is 5.02. The summed E-state index contributed by atoms with van der Waals surface area (Å²) in [5, 5.41) is 0. The van der Waals surface area contributed by atoms with Crippen molar-refractivity contribution in [3.05, 3.63) is 11.6 Å².